The Kier molecular flexibility index (Phi) is 8.27. The normalized spacial score (nSPS) is 35.2. The van der Waals surface area contributed by atoms with E-state index in [4.69, 9.17) is 30.6 Å². The summed E-state index contributed by atoms with van der Waals surface area (Å²) in [5.74, 6) is -0.0897. The number of nitrogens with two attached hydrogens (primary N) is 1. The fourth-order valence-corrected chi connectivity index (χ4v) is 3.98. The maximum atomic E-state index is 14.4. The van der Waals surface area contributed by atoms with Crippen molar-refractivity contribution in [3.8, 4) is 0 Å². The highest BCUT2D eigenvalue weighted by Gasteiger charge is 2.56. The van der Waals surface area contributed by atoms with Crippen LogP contribution < -0.4 is 22.6 Å². The SMILES string of the molecule is CC1(F)[C@@H](O)[C@@H](CO)O[C@H]1n1ccc(N)nc1=O.CC1(F)[C@@H](O)[C@@H](CO)O[C@H]1n1ccc(NO)nc1=O. The number of nitrogens with one attached hydrogen (secondary N) is 1. The fourth-order valence-electron chi connectivity index (χ4n) is 3.98. The standard InChI is InChI=1S/C10H14FN3O5.C10H14FN3O4/c1-10(11)7(16)5(4-15)19-8(10)14-3-2-6(13-18)12-9(14)17;1-10(11)7(16)5(4-15)18-8(10)14-3-2-6(12)13-9(14)17/h2-3,5,7-8,15-16,18H,4H2,1H3,(H,12,13,17);2-3,5,7-8,15-16H,4H2,1H3,(H2,12,13,17)/t2*5-,7+,8-,10?/m11/s1. The van der Waals surface area contributed by atoms with Gasteiger partial charge in [0.15, 0.2) is 29.6 Å². The molecule has 2 aliphatic heterocycles. The van der Waals surface area contributed by atoms with Crippen molar-refractivity contribution >= 4 is 11.6 Å². The van der Waals surface area contributed by atoms with E-state index >= 15 is 0 Å². The summed E-state index contributed by atoms with van der Waals surface area (Å²) in [4.78, 5) is 30.2. The Labute approximate surface area is 207 Å². The molecule has 0 amide bonds. The molecule has 17 heteroatoms. The average molecular weight is 534 g/mol. The molecular formula is C20H28F2N6O9. The lowest BCUT2D eigenvalue weighted by molar-refractivity contribution is -0.0610. The van der Waals surface area contributed by atoms with Crippen LogP contribution in [0.3, 0.4) is 0 Å². The molecule has 0 radical (unpaired) electrons. The number of nitrogens with zero attached hydrogens (tertiary/aromatic N) is 4. The summed E-state index contributed by atoms with van der Waals surface area (Å²) in [5.41, 5.74) is 0.898. The summed E-state index contributed by atoms with van der Waals surface area (Å²) < 4.78 is 40.8. The minimum Gasteiger partial charge on any atom is -0.394 e. The molecule has 0 saturated carbocycles. The molecule has 4 rings (SSSR count). The molecule has 2 aromatic heterocycles. The van der Waals surface area contributed by atoms with Crippen LogP contribution in [0.1, 0.15) is 26.3 Å². The monoisotopic (exact) mass is 534 g/mol. The fraction of sp³-hybridized carbons (Fsp3) is 0.600. The summed E-state index contributed by atoms with van der Waals surface area (Å²) in [6.45, 7) is 1.05. The summed E-state index contributed by atoms with van der Waals surface area (Å²) >= 11 is 0. The second kappa shape index (κ2) is 10.7. The highest BCUT2D eigenvalue weighted by molar-refractivity contribution is 5.28. The first-order valence-electron chi connectivity index (χ1n) is 10.9. The molecule has 2 fully saturated rings. The molecule has 0 aliphatic carbocycles. The minimum absolute atomic E-state index is 0.00839. The number of hydrogen-bond acceptors (Lipinski definition) is 13. The average Bonchev–Trinajstić information content (AvgIpc) is 3.22. The van der Waals surface area contributed by atoms with Gasteiger partial charge in [-0.15, -0.1) is 0 Å². The molecule has 37 heavy (non-hydrogen) atoms. The number of rotatable bonds is 5. The lowest BCUT2D eigenvalue weighted by atomic mass is 9.98. The van der Waals surface area contributed by atoms with E-state index in [9.17, 15) is 28.6 Å². The molecule has 2 aliphatic rings. The van der Waals surface area contributed by atoms with Gasteiger partial charge in [0.1, 0.15) is 30.2 Å². The van der Waals surface area contributed by atoms with Gasteiger partial charge in [-0.1, -0.05) is 0 Å². The summed E-state index contributed by atoms with van der Waals surface area (Å²) in [5, 5.41) is 45.9. The number of aromatic nitrogens is 4. The zero-order chi connectivity index (χ0) is 27.7. The molecule has 206 valence electrons. The lowest BCUT2D eigenvalue weighted by Crippen LogP contribution is -2.42. The van der Waals surface area contributed by atoms with Crippen molar-refractivity contribution in [1.29, 1.82) is 0 Å². The van der Waals surface area contributed by atoms with Crippen molar-refractivity contribution < 1.29 is 43.9 Å². The second-order valence-corrected chi connectivity index (χ2v) is 8.77. The van der Waals surface area contributed by atoms with Crippen molar-refractivity contribution in [3.63, 3.8) is 0 Å². The van der Waals surface area contributed by atoms with E-state index in [-0.39, 0.29) is 11.6 Å². The Bertz CT molecular complexity index is 1210. The van der Waals surface area contributed by atoms with E-state index in [2.05, 4.69) is 9.97 Å². The molecule has 15 nitrogen and oxygen atoms in total. The van der Waals surface area contributed by atoms with Crippen LogP contribution in [0.5, 0.6) is 0 Å². The van der Waals surface area contributed by atoms with E-state index in [0.717, 1.165) is 23.0 Å². The van der Waals surface area contributed by atoms with Crippen molar-refractivity contribution in [2.75, 3.05) is 24.4 Å². The van der Waals surface area contributed by atoms with Gasteiger partial charge in [0.05, 0.1) is 13.2 Å². The van der Waals surface area contributed by atoms with Crippen LogP contribution in [0.2, 0.25) is 0 Å². The molecule has 4 heterocycles. The number of aliphatic hydroxyl groups excluding tert-OH is 4. The number of hydrogen-bond donors (Lipinski definition) is 7. The van der Waals surface area contributed by atoms with Gasteiger partial charge in [0.25, 0.3) is 0 Å². The van der Waals surface area contributed by atoms with Gasteiger partial charge in [0.2, 0.25) is 0 Å². The molecule has 0 aromatic carbocycles. The first kappa shape index (κ1) is 28.5. The van der Waals surface area contributed by atoms with Crippen LogP contribution in [0, 0.1) is 0 Å². The third-order valence-corrected chi connectivity index (χ3v) is 6.10. The smallest absolute Gasteiger partial charge is 0.351 e. The van der Waals surface area contributed by atoms with E-state index in [0.29, 0.717) is 0 Å². The van der Waals surface area contributed by atoms with Crippen molar-refractivity contribution in [1.82, 2.24) is 19.1 Å². The van der Waals surface area contributed by atoms with Gasteiger partial charge in [-0.05, 0) is 26.0 Å². The second-order valence-electron chi connectivity index (χ2n) is 8.77. The molecule has 8 atom stereocenters. The minimum atomic E-state index is -2.26. The summed E-state index contributed by atoms with van der Waals surface area (Å²) in [6.07, 6.45) is -5.67. The van der Waals surface area contributed by atoms with Crippen LogP contribution >= 0.6 is 0 Å². The molecule has 8 N–H and O–H groups in total. The first-order valence-corrected chi connectivity index (χ1v) is 10.9. The maximum absolute atomic E-state index is 14.4. The largest absolute Gasteiger partial charge is 0.394 e. The van der Waals surface area contributed by atoms with Crippen molar-refractivity contribution in [3.05, 3.63) is 45.5 Å². The van der Waals surface area contributed by atoms with Crippen LogP contribution in [0.4, 0.5) is 20.4 Å². The molecule has 2 saturated heterocycles. The zero-order valence-electron chi connectivity index (χ0n) is 19.7. The summed E-state index contributed by atoms with van der Waals surface area (Å²) in [6, 6.07) is 2.55. The first-order chi connectivity index (χ1) is 17.3. The highest BCUT2D eigenvalue weighted by atomic mass is 19.1. The van der Waals surface area contributed by atoms with Gasteiger partial charge in [0, 0.05) is 12.4 Å². The van der Waals surface area contributed by atoms with Gasteiger partial charge >= 0.3 is 11.4 Å². The van der Waals surface area contributed by atoms with E-state index < -0.39 is 72.8 Å². The molecule has 0 spiro atoms. The van der Waals surface area contributed by atoms with Gasteiger partial charge < -0.3 is 35.6 Å². The molecule has 2 aromatic rings. The lowest BCUT2D eigenvalue weighted by Gasteiger charge is -2.24. The van der Waals surface area contributed by atoms with Gasteiger partial charge in [-0.2, -0.15) is 9.97 Å². The number of ether oxygens (including phenoxy) is 2. The van der Waals surface area contributed by atoms with Gasteiger partial charge in [-0.3, -0.25) is 19.8 Å². The quantitative estimate of drug-likeness (QED) is 0.203. The van der Waals surface area contributed by atoms with Crippen LogP contribution in [-0.2, 0) is 9.47 Å². The number of aliphatic hydroxyl groups is 4. The molecule has 2 unspecified atom stereocenters. The van der Waals surface area contributed by atoms with Crippen LogP contribution in [-0.4, -0.2) is 93.7 Å². The predicted octanol–water partition coefficient (Wildman–Crippen LogP) is -2.17. The summed E-state index contributed by atoms with van der Waals surface area (Å²) in [7, 11) is 0. The van der Waals surface area contributed by atoms with E-state index in [1.54, 1.807) is 5.48 Å². The molecular weight excluding hydrogens is 506 g/mol. The van der Waals surface area contributed by atoms with Crippen LogP contribution in [0.15, 0.2) is 34.1 Å². The topological polar surface area (TPSA) is 227 Å². The van der Waals surface area contributed by atoms with Crippen LogP contribution in [0.25, 0.3) is 0 Å². The maximum Gasteiger partial charge on any atom is 0.351 e. The Morgan fingerprint density at radius 3 is 1.73 bits per heavy atom. The highest BCUT2D eigenvalue weighted by Crippen LogP contribution is 2.41. The van der Waals surface area contributed by atoms with Gasteiger partial charge in [-0.25, -0.2) is 18.4 Å². The Morgan fingerprint density at radius 2 is 1.38 bits per heavy atom. The van der Waals surface area contributed by atoms with E-state index in [1.807, 2.05) is 0 Å². The number of halogens is 2. The Hall–Kier alpha value is -3.06. The zero-order valence-corrected chi connectivity index (χ0v) is 19.7. The van der Waals surface area contributed by atoms with E-state index in [1.165, 1.54) is 24.5 Å². The molecule has 0 bridgehead atoms. The number of anilines is 2. The predicted molar refractivity (Wildman–Crippen MR) is 120 cm³/mol. The van der Waals surface area contributed by atoms with Crippen molar-refractivity contribution in [2.45, 2.75) is 62.1 Å². The Balaban J connectivity index is 0.000000206. The number of alkyl halides is 2. The number of nitrogen functional groups attached to an aromatic ring is 1. The Morgan fingerprint density at radius 1 is 0.946 bits per heavy atom. The third kappa shape index (κ3) is 5.33. The van der Waals surface area contributed by atoms with Crippen molar-refractivity contribution in [2.24, 2.45) is 0 Å². The third-order valence-electron chi connectivity index (χ3n) is 6.10.